The molecule has 0 spiro atoms. The van der Waals surface area contributed by atoms with E-state index in [0.717, 1.165) is 5.69 Å². The van der Waals surface area contributed by atoms with Gasteiger partial charge < -0.3 is 5.73 Å². The number of nitrogens with two attached hydrogens (primary N) is 1. The van der Waals surface area contributed by atoms with Crippen molar-refractivity contribution in [3.05, 3.63) is 45.6 Å². The molecule has 0 saturated heterocycles. The van der Waals surface area contributed by atoms with E-state index in [4.69, 9.17) is 17.3 Å². The van der Waals surface area contributed by atoms with Gasteiger partial charge in [0.05, 0.1) is 12.2 Å². The lowest BCUT2D eigenvalue weighted by molar-refractivity contribution is 0.686. The lowest BCUT2D eigenvalue weighted by atomic mass is 10.1. The van der Waals surface area contributed by atoms with E-state index in [1.54, 1.807) is 4.68 Å². The highest BCUT2D eigenvalue weighted by Gasteiger charge is 2.10. The zero-order valence-corrected chi connectivity index (χ0v) is 11.0. The minimum atomic E-state index is 0.532. The number of hydrogen-bond donors (Lipinski definition) is 1. The number of aromatic nitrogens is 2. The molecule has 3 nitrogen and oxygen atoms in total. The highest BCUT2D eigenvalue weighted by atomic mass is 35.5. The second-order valence-corrected chi connectivity index (χ2v) is 4.75. The van der Waals surface area contributed by atoms with Crippen molar-refractivity contribution in [1.29, 1.82) is 0 Å². The molecule has 17 heavy (non-hydrogen) atoms. The summed E-state index contributed by atoms with van der Waals surface area (Å²) < 4.78 is 1.75. The molecule has 0 aliphatic heterocycles. The molecule has 1 aromatic carbocycles. The van der Waals surface area contributed by atoms with E-state index in [9.17, 15) is 0 Å². The molecule has 0 radical (unpaired) electrons. The molecule has 0 saturated carbocycles. The summed E-state index contributed by atoms with van der Waals surface area (Å²) in [7, 11) is 0. The Labute approximate surface area is 106 Å². The summed E-state index contributed by atoms with van der Waals surface area (Å²) in [5, 5.41) is 4.88. The van der Waals surface area contributed by atoms with Crippen LogP contribution >= 0.6 is 11.6 Å². The quantitative estimate of drug-likeness (QED) is 0.889. The number of nitrogen functional groups attached to an aromatic ring is 1. The number of halogens is 1. The Hall–Kier alpha value is -1.48. The second kappa shape index (κ2) is 4.41. The zero-order chi connectivity index (χ0) is 12.6. The Morgan fingerprint density at radius 1 is 1.29 bits per heavy atom. The average Bonchev–Trinajstić information content (AvgIpc) is 2.50. The first-order valence-electron chi connectivity index (χ1n) is 5.53. The molecule has 90 valence electrons. The summed E-state index contributed by atoms with van der Waals surface area (Å²) in [5.74, 6) is 0.532. The normalized spacial score (nSPS) is 10.8. The molecule has 1 aromatic heterocycles. The van der Waals surface area contributed by atoms with Crippen LogP contribution in [0.2, 0.25) is 5.02 Å². The lowest BCUT2D eigenvalue weighted by Crippen LogP contribution is -2.07. The van der Waals surface area contributed by atoms with Gasteiger partial charge in [-0.15, -0.1) is 0 Å². The van der Waals surface area contributed by atoms with Gasteiger partial charge in [-0.3, -0.25) is 0 Å². The van der Waals surface area contributed by atoms with E-state index in [-0.39, 0.29) is 0 Å². The number of rotatable bonds is 2. The van der Waals surface area contributed by atoms with Gasteiger partial charge in [0, 0.05) is 0 Å². The van der Waals surface area contributed by atoms with Crippen molar-refractivity contribution in [2.24, 2.45) is 0 Å². The van der Waals surface area contributed by atoms with Gasteiger partial charge in [0.2, 0.25) is 0 Å². The maximum atomic E-state index is 6.02. The second-order valence-electron chi connectivity index (χ2n) is 4.37. The molecule has 1 heterocycles. The predicted molar refractivity (Wildman–Crippen MR) is 71.4 cm³/mol. The molecule has 0 fully saturated rings. The van der Waals surface area contributed by atoms with Gasteiger partial charge in [-0.2, -0.15) is 5.10 Å². The first kappa shape index (κ1) is 12.0. The molecule has 0 aliphatic carbocycles. The molecule has 2 N–H and O–H groups in total. The van der Waals surface area contributed by atoms with E-state index >= 15 is 0 Å². The zero-order valence-electron chi connectivity index (χ0n) is 10.3. The highest BCUT2D eigenvalue weighted by molar-refractivity contribution is 6.33. The van der Waals surface area contributed by atoms with E-state index < -0.39 is 0 Å². The van der Waals surface area contributed by atoms with Crippen molar-refractivity contribution < 1.29 is 0 Å². The van der Waals surface area contributed by atoms with E-state index in [0.29, 0.717) is 17.4 Å². The van der Waals surface area contributed by atoms with Gasteiger partial charge in [0.1, 0.15) is 10.8 Å². The van der Waals surface area contributed by atoms with E-state index in [1.807, 2.05) is 6.92 Å². The van der Waals surface area contributed by atoms with Crippen molar-refractivity contribution >= 4 is 17.4 Å². The fraction of sp³-hybridized carbons (Fsp3) is 0.308. The number of hydrogen-bond acceptors (Lipinski definition) is 2. The Bertz CT molecular complexity index is 558. The van der Waals surface area contributed by atoms with Crippen LogP contribution in [0.5, 0.6) is 0 Å². The standard InChI is InChI=1S/C13H16ClN3/c1-8-4-5-11(9(2)6-8)7-17-13(15)12(14)10(3)16-17/h4-6H,7,15H2,1-3H3. The maximum absolute atomic E-state index is 6.02. The van der Waals surface area contributed by atoms with Crippen LogP contribution in [0, 0.1) is 20.8 Å². The van der Waals surface area contributed by atoms with Crippen LogP contribution in [0.4, 0.5) is 5.82 Å². The fourth-order valence-electron chi connectivity index (χ4n) is 1.88. The van der Waals surface area contributed by atoms with Crippen molar-refractivity contribution in [2.45, 2.75) is 27.3 Å². The molecule has 4 heteroatoms. The summed E-state index contributed by atoms with van der Waals surface area (Å²) in [6.07, 6.45) is 0. The predicted octanol–water partition coefficient (Wildman–Crippen LogP) is 3.09. The number of nitrogens with zero attached hydrogens (tertiary/aromatic N) is 2. The molecule has 0 amide bonds. The molecule has 0 bridgehead atoms. The third-order valence-corrected chi connectivity index (χ3v) is 3.38. The smallest absolute Gasteiger partial charge is 0.141 e. The van der Waals surface area contributed by atoms with Crippen LogP contribution in [0.3, 0.4) is 0 Å². The van der Waals surface area contributed by atoms with Gasteiger partial charge in [-0.05, 0) is 31.9 Å². The maximum Gasteiger partial charge on any atom is 0.141 e. The van der Waals surface area contributed by atoms with Gasteiger partial charge in [0.15, 0.2) is 0 Å². The molecule has 2 rings (SSSR count). The first-order valence-corrected chi connectivity index (χ1v) is 5.91. The van der Waals surface area contributed by atoms with Crippen LogP contribution < -0.4 is 5.73 Å². The third kappa shape index (κ3) is 2.29. The number of benzene rings is 1. The molecular formula is C13H16ClN3. The lowest BCUT2D eigenvalue weighted by Gasteiger charge is -2.08. The van der Waals surface area contributed by atoms with Crippen molar-refractivity contribution in [3.63, 3.8) is 0 Å². The summed E-state index contributed by atoms with van der Waals surface area (Å²) in [6, 6.07) is 6.36. The summed E-state index contributed by atoms with van der Waals surface area (Å²) in [5.41, 5.74) is 10.4. The monoisotopic (exact) mass is 249 g/mol. The van der Waals surface area contributed by atoms with Crippen molar-refractivity contribution in [2.75, 3.05) is 5.73 Å². The van der Waals surface area contributed by atoms with E-state index in [2.05, 4.69) is 37.1 Å². The fourth-order valence-corrected chi connectivity index (χ4v) is 2.02. The highest BCUT2D eigenvalue weighted by Crippen LogP contribution is 2.23. The Morgan fingerprint density at radius 2 is 2.00 bits per heavy atom. The van der Waals surface area contributed by atoms with Crippen LogP contribution in [0.15, 0.2) is 18.2 Å². The van der Waals surface area contributed by atoms with Crippen molar-refractivity contribution in [3.8, 4) is 0 Å². The molecule has 2 aromatic rings. The molecule has 0 aliphatic rings. The first-order chi connectivity index (χ1) is 7.99. The van der Waals surface area contributed by atoms with Gasteiger partial charge in [0.25, 0.3) is 0 Å². The van der Waals surface area contributed by atoms with E-state index in [1.165, 1.54) is 16.7 Å². The number of anilines is 1. The van der Waals surface area contributed by atoms with Crippen LogP contribution in [-0.4, -0.2) is 9.78 Å². The average molecular weight is 250 g/mol. The Balaban J connectivity index is 2.34. The van der Waals surface area contributed by atoms with Gasteiger partial charge in [-0.1, -0.05) is 35.4 Å². The number of aryl methyl sites for hydroxylation is 3. The topological polar surface area (TPSA) is 43.8 Å². The summed E-state index contributed by atoms with van der Waals surface area (Å²) >= 11 is 6.02. The van der Waals surface area contributed by atoms with Crippen molar-refractivity contribution in [1.82, 2.24) is 9.78 Å². The van der Waals surface area contributed by atoms with Gasteiger partial charge >= 0.3 is 0 Å². The SMILES string of the molecule is Cc1ccc(Cn2nc(C)c(Cl)c2N)c(C)c1. The Morgan fingerprint density at radius 3 is 2.53 bits per heavy atom. The van der Waals surface area contributed by atoms with Crippen LogP contribution in [-0.2, 0) is 6.54 Å². The minimum Gasteiger partial charge on any atom is -0.383 e. The molecule has 0 unspecified atom stereocenters. The summed E-state index contributed by atoms with van der Waals surface area (Å²) in [6.45, 7) is 6.69. The molecule has 0 atom stereocenters. The van der Waals surface area contributed by atoms with Crippen LogP contribution in [0.25, 0.3) is 0 Å². The molecular weight excluding hydrogens is 234 g/mol. The third-order valence-electron chi connectivity index (χ3n) is 2.91. The minimum absolute atomic E-state index is 0.532. The Kier molecular flexibility index (Phi) is 3.11. The summed E-state index contributed by atoms with van der Waals surface area (Å²) in [4.78, 5) is 0. The van der Waals surface area contributed by atoms with Gasteiger partial charge in [-0.25, -0.2) is 4.68 Å². The van der Waals surface area contributed by atoms with Crippen LogP contribution in [0.1, 0.15) is 22.4 Å². The largest absolute Gasteiger partial charge is 0.383 e.